The summed E-state index contributed by atoms with van der Waals surface area (Å²) in [4.78, 5) is 12.7. The summed E-state index contributed by atoms with van der Waals surface area (Å²) in [5.74, 6) is -0.330. The number of oxime groups is 1. The van der Waals surface area contributed by atoms with Crippen molar-refractivity contribution in [3.63, 3.8) is 0 Å². The molecule has 0 fully saturated rings. The first-order chi connectivity index (χ1) is 9.51. The number of amides is 1. The highest BCUT2D eigenvalue weighted by Gasteiger charge is 2.13. The van der Waals surface area contributed by atoms with Crippen molar-refractivity contribution >= 4 is 60.6 Å². The first-order valence-corrected chi connectivity index (χ1v) is 7.75. The minimum Gasteiger partial charge on any atom is -0.409 e. The third kappa shape index (κ3) is 3.38. The van der Waals surface area contributed by atoms with E-state index in [4.69, 9.17) is 10.9 Å². The predicted molar refractivity (Wildman–Crippen MR) is 86.6 cm³/mol. The molecule has 0 saturated carbocycles. The van der Waals surface area contributed by atoms with Crippen LogP contribution >= 0.6 is 43.2 Å². The van der Waals surface area contributed by atoms with E-state index in [9.17, 15) is 4.79 Å². The number of carbonyl (C=O) groups is 1. The minimum absolute atomic E-state index is 0.0750. The van der Waals surface area contributed by atoms with Crippen LogP contribution in [0.5, 0.6) is 0 Å². The molecular formula is C12H9Br2N3O2S. The number of hydrogen-bond donors (Lipinski definition) is 3. The van der Waals surface area contributed by atoms with Crippen LogP contribution in [-0.2, 0) is 0 Å². The standard InChI is InChI=1S/C12H9Br2N3O2S/c13-6-1-2-8(7(5-6)11(15)17-19)16-12(18)9-3-4-10(14)20-9/h1-5,19H,(H2,15,17)(H,16,18). The maximum atomic E-state index is 12.1. The molecule has 0 aliphatic rings. The molecule has 0 unspecified atom stereocenters. The molecule has 1 aromatic carbocycles. The smallest absolute Gasteiger partial charge is 0.265 e. The fraction of sp³-hybridized carbons (Fsp3) is 0. The third-order valence-electron chi connectivity index (χ3n) is 2.41. The highest BCUT2D eigenvalue weighted by molar-refractivity contribution is 9.11. The van der Waals surface area contributed by atoms with Crippen molar-refractivity contribution < 1.29 is 10.0 Å². The fourth-order valence-corrected chi connectivity index (χ4v) is 3.15. The number of amidine groups is 1. The van der Waals surface area contributed by atoms with Crippen LogP contribution in [0.2, 0.25) is 0 Å². The Morgan fingerprint density at radius 2 is 2.05 bits per heavy atom. The summed E-state index contributed by atoms with van der Waals surface area (Å²) < 4.78 is 1.63. The van der Waals surface area contributed by atoms with Gasteiger partial charge in [0, 0.05) is 10.0 Å². The number of rotatable bonds is 3. The monoisotopic (exact) mass is 417 g/mol. The highest BCUT2D eigenvalue weighted by Crippen LogP contribution is 2.25. The van der Waals surface area contributed by atoms with Crippen molar-refractivity contribution in [2.45, 2.75) is 0 Å². The van der Waals surface area contributed by atoms with Crippen LogP contribution < -0.4 is 11.1 Å². The maximum absolute atomic E-state index is 12.1. The molecule has 8 heteroatoms. The molecule has 2 rings (SSSR count). The first kappa shape index (κ1) is 15.0. The van der Waals surface area contributed by atoms with Gasteiger partial charge in [0.25, 0.3) is 5.91 Å². The molecule has 0 aliphatic heterocycles. The summed E-state index contributed by atoms with van der Waals surface area (Å²) in [5.41, 5.74) is 6.51. The van der Waals surface area contributed by atoms with Crippen LogP contribution in [-0.4, -0.2) is 17.0 Å². The zero-order chi connectivity index (χ0) is 14.7. The molecule has 0 spiro atoms. The second-order valence-corrected chi connectivity index (χ2v) is 7.11. The van der Waals surface area contributed by atoms with Crippen LogP contribution in [0.3, 0.4) is 0 Å². The fourth-order valence-electron chi connectivity index (χ4n) is 1.51. The summed E-state index contributed by atoms with van der Waals surface area (Å²) >= 11 is 7.93. The average molecular weight is 419 g/mol. The molecule has 2 aromatic rings. The summed E-state index contributed by atoms with van der Waals surface area (Å²) in [6, 6.07) is 8.61. The quantitative estimate of drug-likeness (QED) is 0.308. The van der Waals surface area contributed by atoms with E-state index in [0.29, 0.717) is 16.1 Å². The van der Waals surface area contributed by atoms with Gasteiger partial charge in [-0.25, -0.2) is 0 Å². The zero-order valence-electron chi connectivity index (χ0n) is 9.93. The molecule has 0 bridgehead atoms. The molecule has 1 amide bonds. The van der Waals surface area contributed by atoms with Gasteiger partial charge in [-0.2, -0.15) is 0 Å². The van der Waals surface area contributed by atoms with E-state index in [1.165, 1.54) is 11.3 Å². The Morgan fingerprint density at radius 3 is 2.65 bits per heavy atom. The molecule has 1 aromatic heterocycles. The molecule has 0 radical (unpaired) electrons. The summed E-state index contributed by atoms with van der Waals surface area (Å²) in [6.45, 7) is 0. The van der Waals surface area contributed by atoms with E-state index in [0.717, 1.165) is 8.26 Å². The second-order valence-electron chi connectivity index (χ2n) is 3.73. The Kier molecular flexibility index (Phi) is 4.79. The minimum atomic E-state index is -0.255. The Hall–Kier alpha value is -1.38. The highest BCUT2D eigenvalue weighted by atomic mass is 79.9. The number of halogens is 2. The molecular weight excluding hydrogens is 410 g/mol. The SMILES string of the molecule is N/C(=N/O)c1cc(Br)ccc1NC(=O)c1ccc(Br)s1. The predicted octanol–water partition coefficient (Wildman–Crippen LogP) is 3.62. The molecule has 1 heterocycles. The molecule has 20 heavy (non-hydrogen) atoms. The first-order valence-electron chi connectivity index (χ1n) is 5.35. The lowest BCUT2D eigenvalue weighted by atomic mass is 10.1. The number of nitrogens with one attached hydrogen (secondary N) is 1. The number of carbonyl (C=O) groups excluding carboxylic acids is 1. The van der Waals surface area contributed by atoms with Gasteiger partial charge in [0.2, 0.25) is 0 Å². The van der Waals surface area contributed by atoms with Crippen molar-refractivity contribution in [2.24, 2.45) is 10.9 Å². The van der Waals surface area contributed by atoms with Gasteiger partial charge in [-0.3, -0.25) is 4.79 Å². The molecule has 0 aliphatic carbocycles. The molecule has 0 atom stereocenters. The number of nitrogens with zero attached hydrogens (tertiary/aromatic N) is 1. The Morgan fingerprint density at radius 1 is 1.30 bits per heavy atom. The Balaban J connectivity index is 2.32. The van der Waals surface area contributed by atoms with E-state index in [1.54, 1.807) is 30.3 Å². The van der Waals surface area contributed by atoms with Crippen molar-refractivity contribution in [3.8, 4) is 0 Å². The number of nitrogens with two attached hydrogens (primary N) is 1. The van der Waals surface area contributed by atoms with E-state index >= 15 is 0 Å². The van der Waals surface area contributed by atoms with Gasteiger partial charge in [0.05, 0.1) is 14.4 Å². The average Bonchev–Trinajstić information content (AvgIpc) is 2.86. The van der Waals surface area contributed by atoms with Crippen LogP contribution in [0.15, 0.2) is 43.7 Å². The second kappa shape index (κ2) is 6.38. The van der Waals surface area contributed by atoms with E-state index < -0.39 is 0 Å². The van der Waals surface area contributed by atoms with E-state index in [2.05, 4.69) is 42.3 Å². The Labute approximate surface area is 135 Å². The van der Waals surface area contributed by atoms with Gasteiger partial charge in [0.1, 0.15) is 0 Å². The van der Waals surface area contributed by atoms with Gasteiger partial charge in [-0.15, -0.1) is 11.3 Å². The van der Waals surface area contributed by atoms with Gasteiger partial charge >= 0.3 is 0 Å². The van der Waals surface area contributed by atoms with Crippen molar-refractivity contribution in [1.29, 1.82) is 0 Å². The normalized spacial score (nSPS) is 11.4. The number of hydrogen-bond acceptors (Lipinski definition) is 4. The molecule has 0 saturated heterocycles. The lowest BCUT2D eigenvalue weighted by molar-refractivity contribution is 0.103. The number of benzene rings is 1. The molecule has 4 N–H and O–H groups in total. The Bertz CT molecular complexity index is 685. The lowest BCUT2D eigenvalue weighted by Crippen LogP contribution is -2.18. The van der Waals surface area contributed by atoms with Crippen LogP contribution in [0.1, 0.15) is 15.2 Å². The van der Waals surface area contributed by atoms with Crippen LogP contribution in [0, 0.1) is 0 Å². The molecule has 104 valence electrons. The van der Waals surface area contributed by atoms with Gasteiger partial charge < -0.3 is 16.3 Å². The van der Waals surface area contributed by atoms with Crippen molar-refractivity contribution in [2.75, 3.05) is 5.32 Å². The maximum Gasteiger partial charge on any atom is 0.265 e. The summed E-state index contributed by atoms with van der Waals surface area (Å²) in [6.07, 6.45) is 0. The van der Waals surface area contributed by atoms with Crippen LogP contribution in [0.4, 0.5) is 5.69 Å². The third-order valence-corrected chi connectivity index (χ3v) is 4.53. The summed E-state index contributed by atoms with van der Waals surface area (Å²) in [5, 5.41) is 14.5. The van der Waals surface area contributed by atoms with Gasteiger partial charge in [-0.05, 0) is 46.3 Å². The largest absolute Gasteiger partial charge is 0.409 e. The summed E-state index contributed by atoms with van der Waals surface area (Å²) in [7, 11) is 0. The zero-order valence-corrected chi connectivity index (χ0v) is 13.9. The van der Waals surface area contributed by atoms with Crippen LogP contribution in [0.25, 0.3) is 0 Å². The van der Waals surface area contributed by atoms with Gasteiger partial charge in [-0.1, -0.05) is 21.1 Å². The number of thiophene rings is 1. The lowest BCUT2D eigenvalue weighted by Gasteiger charge is -2.10. The topological polar surface area (TPSA) is 87.7 Å². The van der Waals surface area contributed by atoms with Gasteiger partial charge in [0.15, 0.2) is 5.84 Å². The van der Waals surface area contributed by atoms with Crippen molar-refractivity contribution in [1.82, 2.24) is 0 Å². The van der Waals surface area contributed by atoms with Crippen molar-refractivity contribution in [3.05, 3.63) is 49.0 Å². The molecule has 5 nitrogen and oxygen atoms in total. The van der Waals surface area contributed by atoms with E-state index in [1.807, 2.05) is 0 Å². The van der Waals surface area contributed by atoms with E-state index in [-0.39, 0.29) is 11.7 Å². The number of anilines is 1.